The van der Waals surface area contributed by atoms with Gasteiger partial charge >= 0.3 is 0 Å². The molecule has 0 aromatic carbocycles. The SMILES string of the molecule is CCC[C@@H](N)N1CCNCC1. The van der Waals surface area contributed by atoms with E-state index in [0.29, 0.717) is 6.17 Å². The molecule has 1 heterocycles. The number of hydrogen-bond donors (Lipinski definition) is 2. The Hall–Kier alpha value is -0.120. The molecular weight excluding hydrogens is 138 g/mol. The minimum Gasteiger partial charge on any atom is -0.316 e. The van der Waals surface area contributed by atoms with E-state index in [0.717, 1.165) is 32.6 Å². The van der Waals surface area contributed by atoms with Gasteiger partial charge in [0.1, 0.15) is 0 Å². The number of nitrogens with zero attached hydrogens (tertiary/aromatic N) is 1. The molecule has 0 aromatic rings. The zero-order chi connectivity index (χ0) is 8.10. The number of nitrogens with one attached hydrogen (secondary N) is 1. The zero-order valence-corrected chi connectivity index (χ0v) is 7.34. The Morgan fingerprint density at radius 3 is 2.64 bits per heavy atom. The first-order valence-electron chi connectivity index (χ1n) is 4.55. The van der Waals surface area contributed by atoms with Gasteiger partial charge in [0, 0.05) is 26.2 Å². The van der Waals surface area contributed by atoms with Gasteiger partial charge in [0.2, 0.25) is 0 Å². The molecule has 0 aliphatic carbocycles. The highest BCUT2D eigenvalue weighted by Crippen LogP contribution is 2.01. The van der Waals surface area contributed by atoms with Crippen molar-refractivity contribution in [3.63, 3.8) is 0 Å². The molecule has 3 heteroatoms. The van der Waals surface area contributed by atoms with Crippen molar-refractivity contribution in [2.24, 2.45) is 5.73 Å². The van der Waals surface area contributed by atoms with E-state index in [1.165, 1.54) is 6.42 Å². The molecule has 0 bridgehead atoms. The van der Waals surface area contributed by atoms with Gasteiger partial charge in [-0.15, -0.1) is 0 Å². The predicted molar refractivity (Wildman–Crippen MR) is 47.3 cm³/mol. The fourth-order valence-corrected chi connectivity index (χ4v) is 1.49. The number of piperazine rings is 1. The van der Waals surface area contributed by atoms with E-state index in [1.54, 1.807) is 0 Å². The van der Waals surface area contributed by atoms with Crippen molar-refractivity contribution >= 4 is 0 Å². The molecule has 3 N–H and O–H groups in total. The van der Waals surface area contributed by atoms with Crippen LogP contribution in [0.2, 0.25) is 0 Å². The van der Waals surface area contributed by atoms with Crippen molar-refractivity contribution in [3.05, 3.63) is 0 Å². The van der Waals surface area contributed by atoms with Crippen LogP contribution in [-0.4, -0.2) is 37.2 Å². The summed E-state index contributed by atoms with van der Waals surface area (Å²) in [5.74, 6) is 0. The maximum Gasteiger partial charge on any atom is 0.0572 e. The minimum atomic E-state index is 0.294. The van der Waals surface area contributed by atoms with Crippen molar-refractivity contribution in [2.45, 2.75) is 25.9 Å². The molecule has 0 unspecified atom stereocenters. The first-order valence-corrected chi connectivity index (χ1v) is 4.55. The molecule has 1 saturated heterocycles. The Morgan fingerprint density at radius 2 is 2.09 bits per heavy atom. The second kappa shape index (κ2) is 4.70. The van der Waals surface area contributed by atoms with Crippen molar-refractivity contribution in [3.8, 4) is 0 Å². The van der Waals surface area contributed by atoms with Crippen molar-refractivity contribution in [1.29, 1.82) is 0 Å². The van der Waals surface area contributed by atoms with Crippen LogP contribution in [0.1, 0.15) is 19.8 Å². The molecule has 3 nitrogen and oxygen atoms in total. The Kier molecular flexibility index (Phi) is 3.83. The summed E-state index contributed by atoms with van der Waals surface area (Å²) in [6.07, 6.45) is 2.60. The van der Waals surface area contributed by atoms with Gasteiger partial charge in [-0.3, -0.25) is 4.90 Å². The van der Waals surface area contributed by atoms with E-state index in [4.69, 9.17) is 5.73 Å². The van der Waals surface area contributed by atoms with E-state index in [2.05, 4.69) is 17.1 Å². The van der Waals surface area contributed by atoms with Crippen molar-refractivity contribution in [2.75, 3.05) is 26.2 Å². The summed E-state index contributed by atoms with van der Waals surface area (Å²) >= 11 is 0. The fraction of sp³-hybridized carbons (Fsp3) is 1.00. The highest BCUT2D eigenvalue weighted by atomic mass is 15.3. The first kappa shape index (κ1) is 8.97. The normalized spacial score (nSPS) is 23.5. The van der Waals surface area contributed by atoms with Gasteiger partial charge in [-0.25, -0.2) is 0 Å². The summed E-state index contributed by atoms with van der Waals surface area (Å²) in [4.78, 5) is 2.36. The van der Waals surface area contributed by atoms with Gasteiger partial charge in [-0.2, -0.15) is 0 Å². The predicted octanol–water partition coefficient (Wildman–Crippen LogP) is -0.0235. The topological polar surface area (TPSA) is 41.3 Å². The van der Waals surface area contributed by atoms with Crippen molar-refractivity contribution in [1.82, 2.24) is 10.2 Å². The van der Waals surface area contributed by atoms with Gasteiger partial charge in [0.25, 0.3) is 0 Å². The van der Waals surface area contributed by atoms with Gasteiger partial charge < -0.3 is 11.1 Å². The number of hydrogen-bond acceptors (Lipinski definition) is 3. The maximum atomic E-state index is 5.96. The molecular formula is C8H19N3. The van der Waals surface area contributed by atoms with Gasteiger partial charge in [0.05, 0.1) is 6.17 Å². The first-order chi connectivity index (χ1) is 5.34. The Morgan fingerprint density at radius 1 is 1.45 bits per heavy atom. The van der Waals surface area contributed by atoms with Crippen LogP contribution in [0.4, 0.5) is 0 Å². The third-order valence-electron chi connectivity index (χ3n) is 2.21. The molecule has 0 radical (unpaired) electrons. The summed E-state index contributed by atoms with van der Waals surface area (Å²) < 4.78 is 0. The molecule has 1 aliphatic rings. The molecule has 1 rings (SSSR count). The minimum absolute atomic E-state index is 0.294. The second-order valence-electron chi connectivity index (χ2n) is 3.14. The number of rotatable bonds is 3. The largest absolute Gasteiger partial charge is 0.316 e. The lowest BCUT2D eigenvalue weighted by atomic mass is 10.2. The summed E-state index contributed by atoms with van der Waals surface area (Å²) in [6.45, 7) is 6.60. The van der Waals surface area contributed by atoms with Gasteiger partial charge in [-0.05, 0) is 6.42 Å². The van der Waals surface area contributed by atoms with E-state index >= 15 is 0 Å². The lowest BCUT2D eigenvalue weighted by Gasteiger charge is -2.32. The van der Waals surface area contributed by atoms with Crippen LogP contribution in [0.15, 0.2) is 0 Å². The molecule has 66 valence electrons. The molecule has 0 aromatic heterocycles. The average molecular weight is 157 g/mol. The van der Waals surface area contributed by atoms with E-state index < -0.39 is 0 Å². The monoisotopic (exact) mass is 157 g/mol. The highest BCUT2D eigenvalue weighted by Gasteiger charge is 2.14. The zero-order valence-electron chi connectivity index (χ0n) is 7.34. The van der Waals surface area contributed by atoms with Crippen LogP contribution >= 0.6 is 0 Å². The third kappa shape index (κ3) is 2.77. The molecule has 0 spiro atoms. The van der Waals surface area contributed by atoms with Crippen LogP contribution in [0.5, 0.6) is 0 Å². The average Bonchev–Trinajstić information content (AvgIpc) is 2.07. The molecule has 1 aliphatic heterocycles. The molecule has 0 amide bonds. The Bertz CT molecular complexity index is 99.5. The summed E-state index contributed by atoms with van der Waals surface area (Å²) in [6, 6.07) is 0. The maximum absolute atomic E-state index is 5.96. The van der Waals surface area contributed by atoms with E-state index in [-0.39, 0.29) is 0 Å². The van der Waals surface area contributed by atoms with Crippen LogP contribution in [0.3, 0.4) is 0 Å². The molecule has 1 atom stereocenters. The van der Waals surface area contributed by atoms with Gasteiger partial charge in [-0.1, -0.05) is 13.3 Å². The number of nitrogens with two attached hydrogens (primary N) is 1. The highest BCUT2D eigenvalue weighted by molar-refractivity contribution is 4.71. The second-order valence-corrected chi connectivity index (χ2v) is 3.14. The summed E-state index contributed by atoms with van der Waals surface area (Å²) in [7, 11) is 0. The quantitative estimate of drug-likeness (QED) is 0.605. The standard InChI is InChI=1S/C8H19N3/c1-2-3-8(9)11-6-4-10-5-7-11/h8,10H,2-7,9H2,1H3/t8-/m0/s1. The van der Waals surface area contributed by atoms with Crippen LogP contribution in [0, 0.1) is 0 Å². The molecule has 1 fully saturated rings. The van der Waals surface area contributed by atoms with Crippen LogP contribution in [-0.2, 0) is 0 Å². The third-order valence-corrected chi connectivity index (χ3v) is 2.21. The van der Waals surface area contributed by atoms with Crippen LogP contribution < -0.4 is 11.1 Å². The summed E-state index contributed by atoms with van der Waals surface area (Å²) in [5, 5.41) is 3.31. The Labute approximate surface area is 68.9 Å². The fourth-order valence-electron chi connectivity index (χ4n) is 1.49. The van der Waals surface area contributed by atoms with E-state index in [9.17, 15) is 0 Å². The molecule has 11 heavy (non-hydrogen) atoms. The lowest BCUT2D eigenvalue weighted by Crippen LogP contribution is -2.51. The smallest absolute Gasteiger partial charge is 0.0572 e. The van der Waals surface area contributed by atoms with E-state index in [1.807, 2.05) is 0 Å². The van der Waals surface area contributed by atoms with Crippen LogP contribution in [0.25, 0.3) is 0 Å². The summed E-state index contributed by atoms with van der Waals surface area (Å²) in [5.41, 5.74) is 5.96. The molecule has 0 saturated carbocycles. The van der Waals surface area contributed by atoms with Crippen molar-refractivity contribution < 1.29 is 0 Å². The Balaban J connectivity index is 2.21. The lowest BCUT2D eigenvalue weighted by molar-refractivity contribution is 0.167. The van der Waals surface area contributed by atoms with Gasteiger partial charge in [0.15, 0.2) is 0 Å².